The molecular weight excluding hydrogens is 199 g/mol. The van der Waals surface area contributed by atoms with Crippen LogP contribution < -0.4 is 4.74 Å². The Morgan fingerprint density at radius 2 is 2.07 bits per heavy atom. The molecular formula is C11H13FO3. The number of hydrogen-bond donors (Lipinski definition) is 1. The first-order chi connectivity index (χ1) is 7.15. The lowest BCUT2D eigenvalue weighted by Crippen LogP contribution is -2.05. The summed E-state index contributed by atoms with van der Waals surface area (Å²) >= 11 is 0. The van der Waals surface area contributed by atoms with Crippen molar-refractivity contribution in [2.24, 2.45) is 0 Å². The second kappa shape index (κ2) is 5.34. The molecule has 3 nitrogen and oxygen atoms in total. The largest absolute Gasteiger partial charge is 0.494 e. The van der Waals surface area contributed by atoms with Gasteiger partial charge in [0.2, 0.25) is 6.17 Å². The molecule has 0 spiro atoms. The minimum Gasteiger partial charge on any atom is -0.494 e. The molecule has 15 heavy (non-hydrogen) atoms. The molecule has 0 aliphatic carbocycles. The van der Waals surface area contributed by atoms with Crippen LogP contribution in [0.2, 0.25) is 0 Å². The van der Waals surface area contributed by atoms with Crippen molar-refractivity contribution in [3.63, 3.8) is 0 Å². The van der Waals surface area contributed by atoms with Crippen molar-refractivity contribution in [2.75, 3.05) is 6.61 Å². The van der Waals surface area contributed by atoms with E-state index in [-0.39, 0.29) is 5.56 Å². The Balaban J connectivity index is 2.67. The van der Waals surface area contributed by atoms with Crippen LogP contribution in [0.1, 0.15) is 25.1 Å². The number of benzene rings is 1. The number of carboxylic acid groups (broad SMARTS) is 1. The van der Waals surface area contributed by atoms with E-state index in [1.54, 1.807) is 12.1 Å². The van der Waals surface area contributed by atoms with Crippen LogP contribution in [0.4, 0.5) is 4.39 Å². The maximum atomic E-state index is 13.0. The highest BCUT2D eigenvalue weighted by Gasteiger charge is 2.17. The summed E-state index contributed by atoms with van der Waals surface area (Å²) in [6, 6.07) is 5.98. The van der Waals surface area contributed by atoms with Gasteiger partial charge >= 0.3 is 5.97 Å². The highest BCUT2D eigenvalue weighted by molar-refractivity contribution is 5.74. The van der Waals surface area contributed by atoms with Crippen LogP contribution >= 0.6 is 0 Å². The summed E-state index contributed by atoms with van der Waals surface area (Å²) in [6.07, 6.45) is -1.08. The zero-order chi connectivity index (χ0) is 11.3. The Bertz CT molecular complexity index is 321. The van der Waals surface area contributed by atoms with Crippen LogP contribution in [0.15, 0.2) is 24.3 Å². The zero-order valence-electron chi connectivity index (χ0n) is 8.44. The van der Waals surface area contributed by atoms with Crippen LogP contribution in [-0.2, 0) is 4.79 Å². The van der Waals surface area contributed by atoms with E-state index in [9.17, 15) is 9.18 Å². The number of halogens is 1. The summed E-state index contributed by atoms with van der Waals surface area (Å²) in [5.41, 5.74) is 0.131. The average Bonchev–Trinajstić information content (AvgIpc) is 2.26. The SMILES string of the molecule is CCCOc1ccc(C(F)C(=O)O)cc1. The van der Waals surface area contributed by atoms with Gasteiger partial charge in [0.15, 0.2) is 0 Å². The summed E-state index contributed by atoms with van der Waals surface area (Å²) in [4.78, 5) is 10.4. The number of alkyl halides is 1. The molecule has 0 heterocycles. The van der Waals surface area contributed by atoms with E-state index < -0.39 is 12.1 Å². The predicted octanol–water partition coefficient (Wildman–Crippen LogP) is 2.57. The third kappa shape index (κ3) is 3.23. The van der Waals surface area contributed by atoms with E-state index in [0.29, 0.717) is 12.4 Å². The van der Waals surface area contributed by atoms with Gasteiger partial charge in [-0.15, -0.1) is 0 Å². The molecule has 0 saturated carbocycles. The molecule has 0 aliphatic heterocycles. The van der Waals surface area contributed by atoms with Crippen molar-refractivity contribution >= 4 is 5.97 Å². The molecule has 0 radical (unpaired) electrons. The quantitative estimate of drug-likeness (QED) is 0.815. The number of carbonyl (C=O) groups is 1. The Labute approximate surface area is 87.5 Å². The first kappa shape index (κ1) is 11.5. The predicted molar refractivity (Wildman–Crippen MR) is 53.7 cm³/mol. The Kier molecular flexibility index (Phi) is 4.09. The zero-order valence-corrected chi connectivity index (χ0v) is 8.44. The normalized spacial score (nSPS) is 12.1. The second-order valence-electron chi connectivity index (χ2n) is 3.12. The third-order valence-corrected chi connectivity index (χ3v) is 1.86. The molecule has 1 unspecified atom stereocenters. The molecule has 4 heteroatoms. The van der Waals surface area contributed by atoms with Gasteiger partial charge in [0.1, 0.15) is 5.75 Å². The Morgan fingerprint density at radius 1 is 1.47 bits per heavy atom. The maximum Gasteiger partial charge on any atom is 0.343 e. The van der Waals surface area contributed by atoms with Crippen molar-refractivity contribution in [1.29, 1.82) is 0 Å². The van der Waals surface area contributed by atoms with Crippen molar-refractivity contribution in [2.45, 2.75) is 19.5 Å². The van der Waals surface area contributed by atoms with Gasteiger partial charge in [-0.3, -0.25) is 0 Å². The van der Waals surface area contributed by atoms with Gasteiger partial charge in [0, 0.05) is 0 Å². The van der Waals surface area contributed by atoms with Crippen LogP contribution in [0.25, 0.3) is 0 Å². The van der Waals surface area contributed by atoms with Crippen LogP contribution in [0.3, 0.4) is 0 Å². The molecule has 1 N–H and O–H groups in total. The van der Waals surface area contributed by atoms with Gasteiger partial charge in [-0.25, -0.2) is 9.18 Å². The molecule has 0 aromatic heterocycles. The first-order valence-corrected chi connectivity index (χ1v) is 4.74. The molecule has 0 fully saturated rings. The van der Waals surface area contributed by atoms with Gasteiger partial charge in [0.25, 0.3) is 0 Å². The van der Waals surface area contributed by atoms with E-state index in [1.165, 1.54) is 12.1 Å². The van der Waals surface area contributed by atoms with E-state index >= 15 is 0 Å². The number of carboxylic acids is 1. The molecule has 1 rings (SSSR count). The molecule has 0 bridgehead atoms. The van der Waals surface area contributed by atoms with Crippen molar-refractivity contribution in [3.8, 4) is 5.75 Å². The third-order valence-electron chi connectivity index (χ3n) is 1.86. The number of hydrogen-bond acceptors (Lipinski definition) is 2. The standard InChI is InChI=1S/C11H13FO3/c1-2-7-15-9-5-3-8(4-6-9)10(12)11(13)14/h3-6,10H,2,7H2,1H3,(H,13,14). The molecule has 82 valence electrons. The van der Waals surface area contributed by atoms with Gasteiger partial charge in [-0.1, -0.05) is 19.1 Å². The topological polar surface area (TPSA) is 46.5 Å². The highest BCUT2D eigenvalue weighted by Crippen LogP contribution is 2.20. The maximum absolute atomic E-state index is 13.0. The minimum atomic E-state index is -1.97. The van der Waals surface area contributed by atoms with Gasteiger partial charge in [0.05, 0.1) is 6.61 Å². The lowest BCUT2D eigenvalue weighted by atomic mass is 10.1. The number of rotatable bonds is 5. The molecule has 0 aliphatic rings. The summed E-state index contributed by atoms with van der Waals surface area (Å²) in [5, 5.41) is 8.44. The van der Waals surface area contributed by atoms with Gasteiger partial charge in [-0.2, -0.15) is 0 Å². The summed E-state index contributed by atoms with van der Waals surface area (Å²) in [6.45, 7) is 2.58. The molecule has 0 amide bonds. The second-order valence-corrected chi connectivity index (χ2v) is 3.12. The highest BCUT2D eigenvalue weighted by atomic mass is 19.1. The van der Waals surface area contributed by atoms with E-state index in [0.717, 1.165) is 6.42 Å². The minimum absolute atomic E-state index is 0.131. The summed E-state index contributed by atoms with van der Waals surface area (Å²) in [5.74, 6) is -0.851. The van der Waals surface area contributed by atoms with Crippen LogP contribution in [-0.4, -0.2) is 17.7 Å². The number of ether oxygens (including phenoxy) is 1. The smallest absolute Gasteiger partial charge is 0.343 e. The fraction of sp³-hybridized carbons (Fsp3) is 0.364. The molecule has 0 saturated heterocycles. The van der Waals surface area contributed by atoms with Crippen LogP contribution in [0.5, 0.6) is 5.75 Å². The van der Waals surface area contributed by atoms with Gasteiger partial charge < -0.3 is 9.84 Å². The van der Waals surface area contributed by atoms with Crippen molar-refractivity contribution < 1.29 is 19.0 Å². The molecule has 1 aromatic carbocycles. The fourth-order valence-corrected chi connectivity index (χ4v) is 1.10. The average molecular weight is 212 g/mol. The van der Waals surface area contributed by atoms with Gasteiger partial charge in [-0.05, 0) is 24.1 Å². The first-order valence-electron chi connectivity index (χ1n) is 4.74. The monoisotopic (exact) mass is 212 g/mol. The Morgan fingerprint density at radius 3 is 2.53 bits per heavy atom. The van der Waals surface area contributed by atoms with E-state index in [4.69, 9.17) is 9.84 Å². The molecule has 1 aromatic rings. The van der Waals surface area contributed by atoms with Crippen LogP contribution in [0, 0.1) is 0 Å². The molecule has 1 atom stereocenters. The van der Waals surface area contributed by atoms with E-state index in [2.05, 4.69) is 0 Å². The fourth-order valence-electron chi connectivity index (χ4n) is 1.10. The lowest BCUT2D eigenvalue weighted by Gasteiger charge is -2.06. The van der Waals surface area contributed by atoms with Crippen molar-refractivity contribution in [1.82, 2.24) is 0 Å². The van der Waals surface area contributed by atoms with E-state index in [1.807, 2.05) is 6.92 Å². The summed E-state index contributed by atoms with van der Waals surface area (Å²) < 4.78 is 18.3. The number of aliphatic carboxylic acids is 1. The summed E-state index contributed by atoms with van der Waals surface area (Å²) in [7, 11) is 0. The Hall–Kier alpha value is -1.58. The van der Waals surface area contributed by atoms with Crippen molar-refractivity contribution in [3.05, 3.63) is 29.8 Å². The lowest BCUT2D eigenvalue weighted by molar-refractivity contribution is -0.143.